The molecule has 0 unspecified atom stereocenters. The van der Waals surface area contributed by atoms with Crippen LogP contribution in [-0.2, 0) is 15.7 Å². The largest absolute Gasteiger partial charge is 0.433 e. The maximum Gasteiger partial charge on any atom is 0.433 e. The lowest BCUT2D eigenvalue weighted by Crippen LogP contribution is -2.12. The van der Waals surface area contributed by atoms with E-state index in [9.17, 15) is 13.2 Å². The lowest BCUT2D eigenvalue weighted by Gasteiger charge is -2.08. The molecule has 20 heavy (non-hydrogen) atoms. The molecule has 1 rings (SSSR count). The van der Waals surface area contributed by atoms with E-state index in [1.54, 1.807) is 7.11 Å². The first-order chi connectivity index (χ1) is 9.54. The van der Waals surface area contributed by atoms with E-state index in [2.05, 4.69) is 15.3 Å². The molecule has 0 fully saturated rings. The molecule has 0 bridgehead atoms. The van der Waals surface area contributed by atoms with Gasteiger partial charge in [0.25, 0.3) is 0 Å². The van der Waals surface area contributed by atoms with Gasteiger partial charge in [-0.1, -0.05) is 0 Å². The standard InChI is InChI=1S/C12H18F3N3O2/c1-19-8-9-20-7-3-2-5-16-11-17-6-4-10(18-11)12(13,14)15/h4,6H,2-3,5,7-9H2,1H3,(H,16,17,18). The van der Waals surface area contributed by atoms with Gasteiger partial charge >= 0.3 is 6.18 Å². The molecular formula is C12H18F3N3O2. The Hall–Kier alpha value is -1.41. The third-order valence-corrected chi connectivity index (χ3v) is 2.38. The number of ether oxygens (including phenoxy) is 2. The Morgan fingerprint density at radius 2 is 2.00 bits per heavy atom. The highest BCUT2D eigenvalue weighted by Crippen LogP contribution is 2.27. The molecule has 114 valence electrons. The molecule has 0 saturated carbocycles. The van der Waals surface area contributed by atoms with Gasteiger partial charge in [-0.2, -0.15) is 13.2 Å². The van der Waals surface area contributed by atoms with Crippen molar-refractivity contribution in [3.8, 4) is 0 Å². The van der Waals surface area contributed by atoms with Crippen LogP contribution in [0.4, 0.5) is 19.1 Å². The molecule has 1 heterocycles. The molecule has 0 atom stereocenters. The predicted octanol–water partition coefficient (Wildman–Crippen LogP) is 2.35. The molecule has 0 saturated heterocycles. The van der Waals surface area contributed by atoms with Crippen molar-refractivity contribution in [2.45, 2.75) is 19.0 Å². The fourth-order valence-corrected chi connectivity index (χ4v) is 1.38. The number of halogens is 3. The first-order valence-electron chi connectivity index (χ1n) is 6.25. The predicted molar refractivity (Wildman–Crippen MR) is 67.5 cm³/mol. The van der Waals surface area contributed by atoms with Gasteiger partial charge in [0.05, 0.1) is 13.2 Å². The number of nitrogens with zero attached hydrogens (tertiary/aromatic N) is 2. The Balaban J connectivity index is 2.19. The highest BCUT2D eigenvalue weighted by Gasteiger charge is 2.32. The molecule has 0 aliphatic heterocycles. The van der Waals surface area contributed by atoms with E-state index in [1.807, 2.05) is 0 Å². The third-order valence-electron chi connectivity index (χ3n) is 2.38. The molecule has 0 radical (unpaired) electrons. The smallest absolute Gasteiger partial charge is 0.382 e. The zero-order valence-corrected chi connectivity index (χ0v) is 11.2. The molecule has 1 N–H and O–H groups in total. The van der Waals surface area contributed by atoms with Gasteiger partial charge in [-0.05, 0) is 18.9 Å². The Kier molecular flexibility index (Phi) is 7.24. The number of hydrogen-bond acceptors (Lipinski definition) is 5. The van der Waals surface area contributed by atoms with Gasteiger partial charge in [-0.25, -0.2) is 9.97 Å². The summed E-state index contributed by atoms with van der Waals surface area (Å²) in [5, 5.41) is 2.76. The van der Waals surface area contributed by atoms with E-state index in [0.717, 1.165) is 25.1 Å². The summed E-state index contributed by atoms with van der Waals surface area (Å²) in [7, 11) is 1.60. The highest BCUT2D eigenvalue weighted by molar-refractivity contribution is 5.25. The van der Waals surface area contributed by atoms with E-state index in [4.69, 9.17) is 9.47 Å². The molecule has 1 aromatic heterocycles. The Labute approximate surface area is 115 Å². The summed E-state index contributed by atoms with van der Waals surface area (Å²) in [5.74, 6) is -0.0138. The maximum absolute atomic E-state index is 12.4. The summed E-state index contributed by atoms with van der Waals surface area (Å²) < 4.78 is 47.3. The number of aromatic nitrogens is 2. The quantitative estimate of drug-likeness (QED) is 0.708. The SMILES string of the molecule is COCCOCCCCNc1nccc(C(F)(F)F)n1. The second-order valence-electron chi connectivity index (χ2n) is 4.00. The van der Waals surface area contributed by atoms with Crippen LogP contribution in [0.25, 0.3) is 0 Å². The second kappa shape index (κ2) is 8.70. The van der Waals surface area contributed by atoms with Gasteiger partial charge < -0.3 is 14.8 Å². The summed E-state index contributed by atoms with van der Waals surface area (Å²) >= 11 is 0. The van der Waals surface area contributed by atoms with Crippen LogP contribution in [0, 0.1) is 0 Å². The Morgan fingerprint density at radius 1 is 1.20 bits per heavy atom. The van der Waals surface area contributed by atoms with E-state index < -0.39 is 11.9 Å². The number of alkyl halides is 3. The molecule has 5 nitrogen and oxygen atoms in total. The lowest BCUT2D eigenvalue weighted by atomic mass is 10.3. The van der Waals surface area contributed by atoms with E-state index in [1.165, 1.54) is 0 Å². The normalized spacial score (nSPS) is 11.6. The summed E-state index contributed by atoms with van der Waals surface area (Å²) in [6.07, 6.45) is -1.80. The maximum atomic E-state index is 12.4. The van der Waals surface area contributed by atoms with Crippen molar-refractivity contribution in [1.82, 2.24) is 9.97 Å². The van der Waals surface area contributed by atoms with Gasteiger partial charge in [0.15, 0.2) is 0 Å². The number of rotatable bonds is 9. The fraction of sp³-hybridized carbons (Fsp3) is 0.667. The number of unbranched alkanes of at least 4 members (excludes halogenated alkanes) is 1. The summed E-state index contributed by atoms with van der Waals surface area (Å²) in [4.78, 5) is 7.15. The first-order valence-corrected chi connectivity index (χ1v) is 6.25. The molecular weight excluding hydrogens is 275 g/mol. The van der Waals surface area contributed by atoms with E-state index in [0.29, 0.717) is 26.4 Å². The number of nitrogens with one attached hydrogen (secondary N) is 1. The van der Waals surface area contributed by atoms with Crippen molar-refractivity contribution < 1.29 is 22.6 Å². The zero-order valence-electron chi connectivity index (χ0n) is 11.2. The lowest BCUT2D eigenvalue weighted by molar-refractivity contribution is -0.141. The summed E-state index contributed by atoms with van der Waals surface area (Å²) in [5.41, 5.74) is -0.946. The van der Waals surface area contributed by atoms with Crippen LogP contribution in [-0.4, -0.2) is 43.4 Å². The average Bonchev–Trinajstić information content (AvgIpc) is 2.41. The van der Waals surface area contributed by atoms with Gasteiger partial charge in [0.1, 0.15) is 5.69 Å². The van der Waals surface area contributed by atoms with Crippen LogP contribution in [0.15, 0.2) is 12.3 Å². The monoisotopic (exact) mass is 293 g/mol. The molecule has 8 heteroatoms. The first kappa shape index (κ1) is 16.6. The Morgan fingerprint density at radius 3 is 2.70 bits per heavy atom. The summed E-state index contributed by atoms with van der Waals surface area (Å²) in [6.45, 7) is 2.18. The fourth-order valence-electron chi connectivity index (χ4n) is 1.38. The highest BCUT2D eigenvalue weighted by atomic mass is 19.4. The minimum atomic E-state index is -4.45. The average molecular weight is 293 g/mol. The van der Waals surface area contributed by atoms with Crippen molar-refractivity contribution in [3.05, 3.63) is 18.0 Å². The molecule has 0 spiro atoms. The minimum Gasteiger partial charge on any atom is -0.382 e. The third kappa shape index (κ3) is 6.67. The Bertz CT molecular complexity index is 388. The van der Waals surface area contributed by atoms with Crippen molar-refractivity contribution in [3.63, 3.8) is 0 Å². The second-order valence-corrected chi connectivity index (χ2v) is 4.00. The van der Waals surface area contributed by atoms with Crippen molar-refractivity contribution in [1.29, 1.82) is 0 Å². The van der Waals surface area contributed by atoms with Crippen molar-refractivity contribution in [2.24, 2.45) is 0 Å². The number of anilines is 1. The zero-order chi connectivity index (χ0) is 14.8. The van der Waals surface area contributed by atoms with Gasteiger partial charge in [0.2, 0.25) is 5.95 Å². The van der Waals surface area contributed by atoms with Crippen molar-refractivity contribution in [2.75, 3.05) is 38.8 Å². The van der Waals surface area contributed by atoms with Gasteiger partial charge in [-0.3, -0.25) is 0 Å². The minimum absolute atomic E-state index is 0.0138. The van der Waals surface area contributed by atoms with Crippen LogP contribution in [0.5, 0.6) is 0 Å². The van der Waals surface area contributed by atoms with Crippen LogP contribution < -0.4 is 5.32 Å². The molecule has 0 aliphatic rings. The molecule has 0 aliphatic carbocycles. The van der Waals surface area contributed by atoms with Gasteiger partial charge in [-0.15, -0.1) is 0 Å². The number of methoxy groups -OCH3 is 1. The van der Waals surface area contributed by atoms with Crippen LogP contribution >= 0.6 is 0 Å². The molecule has 0 amide bonds. The van der Waals surface area contributed by atoms with E-state index >= 15 is 0 Å². The van der Waals surface area contributed by atoms with E-state index in [-0.39, 0.29) is 5.95 Å². The van der Waals surface area contributed by atoms with Crippen LogP contribution in [0.1, 0.15) is 18.5 Å². The number of hydrogen-bond donors (Lipinski definition) is 1. The van der Waals surface area contributed by atoms with Crippen molar-refractivity contribution >= 4 is 5.95 Å². The molecule has 1 aromatic rings. The summed E-state index contributed by atoms with van der Waals surface area (Å²) in [6, 6.07) is 0.842. The molecule has 0 aromatic carbocycles. The topological polar surface area (TPSA) is 56.3 Å². The van der Waals surface area contributed by atoms with Gasteiger partial charge in [0, 0.05) is 26.5 Å². The van der Waals surface area contributed by atoms with Crippen LogP contribution in [0.2, 0.25) is 0 Å². The van der Waals surface area contributed by atoms with Crippen LogP contribution in [0.3, 0.4) is 0 Å².